The summed E-state index contributed by atoms with van der Waals surface area (Å²) in [5.74, 6) is 0.779. The molecule has 1 aliphatic rings. The Bertz CT molecular complexity index is 580. The zero-order valence-corrected chi connectivity index (χ0v) is 12.6. The molecule has 0 spiro atoms. The lowest BCUT2D eigenvalue weighted by atomic mass is 10.1. The molecule has 0 bridgehead atoms. The third-order valence-corrected chi connectivity index (χ3v) is 4.24. The number of pyridine rings is 1. The average Bonchev–Trinajstić information content (AvgIpc) is 3.04. The minimum absolute atomic E-state index is 0.736. The molecular formula is C15H21ClN4. The van der Waals surface area contributed by atoms with Crippen LogP contribution in [0.15, 0.2) is 24.5 Å². The summed E-state index contributed by atoms with van der Waals surface area (Å²) in [5.41, 5.74) is 2.02. The smallest absolute Gasteiger partial charge is 0.137 e. The van der Waals surface area contributed by atoms with Gasteiger partial charge in [0.2, 0.25) is 0 Å². The van der Waals surface area contributed by atoms with Crippen LogP contribution < -0.4 is 5.32 Å². The zero-order valence-electron chi connectivity index (χ0n) is 11.8. The van der Waals surface area contributed by atoms with Crippen molar-refractivity contribution in [2.75, 3.05) is 26.2 Å². The van der Waals surface area contributed by atoms with Crippen molar-refractivity contribution in [1.82, 2.24) is 19.6 Å². The van der Waals surface area contributed by atoms with Crippen molar-refractivity contribution in [1.29, 1.82) is 0 Å². The lowest BCUT2D eigenvalue weighted by Crippen LogP contribution is -2.26. The molecule has 2 aromatic heterocycles. The first-order valence-corrected chi connectivity index (χ1v) is 7.68. The van der Waals surface area contributed by atoms with Gasteiger partial charge in [0.1, 0.15) is 5.65 Å². The van der Waals surface area contributed by atoms with E-state index >= 15 is 0 Å². The Morgan fingerprint density at radius 3 is 3.10 bits per heavy atom. The standard InChI is InChI=1S/C15H21ClN4/c1-2-19-6-5-12(9-19)7-17-8-14-11-20-10-13(16)3-4-15(20)18-14/h3-4,10-12,17H,2,5-9H2,1H3. The van der Waals surface area contributed by atoms with E-state index in [2.05, 4.69) is 22.1 Å². The highest BCUT2D eigenvalue weighted by molar-refractivity contribution is 6.30. The fraction of sp³-hybridized carbons (Fsp3) is 0.533. The van der Waals surface area contributed by atoms with Crippen molar-refractivity contribution in [2.24, 2.45) is 5.92 Å². The van der Waals surface area contributed by atoms with Crippen molar-refractivity contribution >= 4 is 17.2 Å². The Balaban J connectivity index is 1.52. The molecule has 4 nitrogen and oxygen atoms in total. The highest BCUT2D eigenvalue weighted by atomic mass is 35.5. The van der Waals surface area contributed by atoms with Gasteiger partial charge in [-0.25, -0.2) is 4.98 Å². The summed E-state index contributed by atoms with van der Waals surface area (Å²) in [4.78, 5) is 7.09. The maximum Gasteiger partial charge on any atom is 0.137 e. The molecule has 0 amide bonds. The number of nitrogens with zero attached hydrogens (tertiary/aromatic N) is 3. The van der Waals surface area contributed by atoms with E-state index in [1.165, 1.54) is 26.1 Å². The Hall–Kier alpha value is -1.10. The molecule has 108 valence electrons. The Kier molecular flexibility index (Phi) is 4.24. The van der Waals surface area contributed by atoms with Gasteiger partial charge in [0, 0.05) is 25.5 Å². The Morgan fingerprint density at radius 1 is 1.40 bits per heavy atom. The van der Waals surface area contributed by atoms with Crippen molar-refractivity contribution in [2.45, 2.75) is 19.9 Å². The van der Waals surface area contributed by atoms with Crippen LogP contribution in [0.3, 0.4) is 0 Å². The van der Waals surface area contributed by atoms with E-state index in [-0.39, 0.29) is 0 Å². The van der Waals surface area contributed by atoms with Gasteiger partial charge in [0.05, 0.1) is 10.7 Å². The number of aromatic nitrogens is 2. The molecule has 0 saturated carbocycles. The summed E-state index contributed by atoms with van der Waals surface area (Å²) in [7, 11) is 0. The quantitative estimate of drug-likeness (QED) is 0.919. The summed E-state index contributed by atoms with van der Waals surface area (Å²) in [6, 6.07) is 3.82. The van der Waals surface area contributed by atoms with Gasteiger partial charge in [-0.3, -0.25) is 0 Å². The number of halogens is 1. The topological polar surface area (TPSA) is 32.6 Å². The van der Waals surface area contributed by atoms with Crippen LogP contribution in [0.25, 0.3) is 5.65 Å². The molecular weight excluding hydrogens is 272 g/mol. The highest BCUT2D eigenvalue weighted by Crippen LogP contribution is 2.15. The molecule has 1 saturated heterocycles. The maximum absolute atomic E-state index is 5.98. The second kappa shape index (κ2) is 6.12. The molecule has 1 atom stereocenters. The second-order valence-electron chi connectivity index (χ2n) is 5.52. The van der Waals surface area contributed by atoms with Gasteiger partial charge in [-0.2, -0.15) is 0 Å². The summed E-state index contributed by atoms with van der Waals surface area (Å²) >= 11 is 5.98. The van der Waals surface area contributed by atoms with E-state index in [1.807, 2.05) is 28.9 Å². The van der Waals surface area contributed by atoms with Gasteiger partial charge < -0.3 is 14.6 Å². The third-order valence-electron chi connectivity index (χ3n) is 4.02. The van der Waals surface area contributed by atoms with Crippen LogP contribution in [0.4, 0.5) is 0 Å². The number of likely N-dealkylation sites (tertiary alicyclic amines) is 1. The minimum Gasteiger partial charge on any atom is -0.311 e. The van der Waals surface area contributed by atoms with Crippen LogP contribution in [0.1, 0.15) is 19.0 Å². The highest BCUT2D eigenvalue weighted by Gasteiger charge is 2.20. The summed E-state index contributed by atoms with van der Waals surface area (Å²) in [6.45, 7) is 7.77. The van der Waals surface area contributed by atoms with Crippen LogP contribution in [0.5, 0.6) is 0 Å². The molecule has 1 unspecified atom stereocenters. The van der Waals surface area contributed by atoms with Crippen molar-refractivity contribution in [3.63, 3.8) is 0 Å². The van der Waals surface area contributed by atoms with E-state index in [4.69, 9.17) is 11.6 Å². The van der Waals surface area contributed by atoms with Gasteiger partial charge in [0.15, 0.2) is 0 Å². The van der Waals surface area contributed by atoms with Gasteiger partial charge in [0.25, 0.3) is 0 Å². The number of rotatable bonds is 5. The van der Waals surface area contributed by atoms with Gasteiger partial charge in [-0.15, -0.1) is 0 Å². The Labute approximate surface area is 124 Å². The third kappa shape index (κ3) is 3.14. The first kappa shape index (κ1) is 13.9. The number of hydrogen-bond acceptors (Lipinski definition) is 3. The monoisotopic (exact) mass is 292 g/mol. The second-order valence-corrected chi connectivity index (χ2v) is 5.96. The van der Waals surface area contributed by atoms with E-state index in [0.717, 1.165) is 35.4 Å². The van der Waals surface area contributed by atoms with Crippen molar-refractivity contribution < 1.29 is 0 Å². The molecule has 20 heavy (non-hydrogen) atoms. The average molecular weight is 293 g/mol. The molecule has 3 heterocycles. The van der Waals surface area contributed by atoms with Crippen LogP contribution in [0, 0.1) is 5.92 Å². The number of hydrogen-bond donors (Lipinski definition) is 1. The predicted octanol–water partition coefficient (Wildman–Crippen LogP) is 2.42. The van der Waals surface area contributed by atoms with Crippen molar-refractivity contribution in [3.05, 3.63) is 35.2 Å². The minimum atomic E-state index is 0.736. The van der Waals surface area contributed by atoms with E-state index in [9.17, 15) is 0 Å². The van der Waals surface area contributed by atoms with Gasteiger partial charge in [-0.05, 0) is 44.1 Å². The first-order chi connectivity index (χ1) is 9.74. The predicted molar refractivity (Wildman–Crippen MR) is 82.1 cm³/mol. The molecule has 5 heteroatoms. The van der Waals surface area contributed by atoms with E-state index in [1.54, 1.807) is 0 Å². The first-order valence-electron chi connectivity index (χ1n) is 7.31. The lowest BCUT2D eigenvalue weighted by Gasteiger charge is -2.13. The van der Waals surface area contributed by atoms with Crippen LogP contribution in [-0.4, -0.2) is 40.5 Å². The maximum atomic E-state index is 5.98. The Morgan fingerprint density at radius 2 is 2.30 bits per heavy atom. The van der Waals surface area contributed by atoms with Gasteiger partial charge >= 0.3 is 0 Å². The number of nitrogens with one attached hydrogen (secondary N) is 1. The molecule has 1 N–H and O–H groups in total. The SMILES string of the molecule is CCN1CCC(CNCc2cn3cc(Cl)ccc3n2)C1. The normalized spacial score (nSPS) is 20.0. The summed E-state index contributed by atoms with van der Waals surface area (Å²) in [6.07, 6.45) is 5.24. The number of fused-ring (bicyclic) bond motifs is 1. The fourth-order valence-electron chi connectivity index (χ4n) is 2.87. The van der Waals surface area contributed by atoms with Crippen LogP contribution in [-0.2, 0) is 6.54 Å². The molecule has 3 rings (SSSR count). The lowest BCUT2D eigenvalue weighted by molar-refractivity contribution is 0.338. The fourth-order valence-corrected chi connectivity index (χ4v) is 3.04. The molecule has 0 radical (unpaired) electrons. The van der Waals surface area contributed by atoms with Crippen molar-refractivity contribution in [3.8, 4) is 0 Å². The summed E-state index contributed by atoms with van der Waals surface area (Å²) in [5, 5.41) is 4.26. The van der Waals surface area contributed by atoms with E-state index < -0.39 is 0 Å². The molecule has 1 aliphatic heterocycles. The van der Waals surface area contributed by atoms with Crippen LogP contribution in [0.2, 0.25) is 5.02 Å². The van der Waals surface area contributed by atoms with Crippen LogP contribution >= 0.6 is 11.6 Å². The largest absolute Gasteiger partial charge is 0.311 e. The molecule has 0 aliphatic carbocycles. The molecule has 0 aromatic carbocycles. The zero-order chi connectivity index (χ0) is 13.9. The summed E-state index contributed by atoms with van der Waals surface area (Å²) < 4.78 is 1.98. The number of imidazole rings is 1. The van der Waals surface area contributed by atoms with Gasteiger partial charge in [-0.1, -0.05) is 18.5 Å². The molecule has 1 fully saturated rings. The van der Waals surface area contributed by atoms with E-state index in [0.29, 0.717) is 0 Å². The molecule has 2 aromatic rings.